The molecule has 80 valence electrons. The molecule has 1 aliphatic rings. The molecule has 1 fully saturated rings. The van der Waals surface area contributed by atoms with Crippen molar-refractivity contribution >= 4 is 5.91 Å². The quantitative estimate of drug-likeness (QED) is 0.512. The van der Waals surface area contributed by atoms with Gasteiger partial charge in [0.1, 0.15) is 0 Å². The average Bonchev–Trinajstić information content (AvgIpc) is 2.99. The van der Waals surface area contributed by atoms with Gasteiger partial charge in [-0.2, -0.15) is 0 Å². The van der Waals surface area contributed by atoms with E-state index in [0.29, 0.717) is 5.92 Å². The molecule has 0 aliphatic heterocycles. The second kappa shape index (κ2) is 5.84. The van der Waals surface area contributed by atoms with Gasteiger partial charge in [-0.25, -0.2) is 0 Å². The Morgan fingerprint density at radius 1 is 1.43 bits per heavy atom. The van der Waals surface area contributed by atoms with Crippen LogP contribution in [-0.4, -0.2) is 13.0 Å². The minimum atomic E-state index is 0.119. The van der Waals surface area contributed by atoms with Crippen molar-refractivity contribution < 1.29 is 4.79 Å². The first kappa shape index (κ1) is 11.3. The van der Waals surface area contributed by atoms with E-state index in [1.807, 2.05) is 0 Å². The van der Waals surface area contributed by atoms with Gasteiger partial charge in [0, 0.05) is 12.6 Å². The molecule has 14 heavy (non-hydrogen) atoms. The second-order valence-electron chi connectivity index (χ2n) is 4.07. The highest BCUT2D eigenvalue weighted by Gasteiger charge is 2.20. The number of allylic oxidation sites excluding steroid dienone is 1. The van der Waals surface area contributed by atoms with Gasteiger partial charge in [-0.05, 0) is 31.6 Å². The highest BCUT2D eigenvalue weighted by molar-refractivity contribution is 5.93. The standard InChI is InChI=1S/C12H21NO/c1-3-4-5-6-11(12(14)13-2)9-10-7-8-10/h9-10H,3-8H2,1-2H3,(H,13,14)/b11-9-. The van der Waals surface area contributed by atoms with Gasteiger partial charge in [-0.1, -0.05) is 25.8 Å². The lowest BCUT2D eigenvalue weighted by Gasteiger charge is -2.05. The third-order valence-electron chi connectivity index (χ3n) is 2.63. The summed E-state index contributed by atoms with van der Waals surface area (Å²) in [6.45, 7) is 2.18. The number of carbonyl (C=O) groups is 1. The lowest BCUT2D eigenvalue weighted by Crippen LogP contribution is -2.20. The molecule has 1 N–H and O–H groups in total. The minimum absolute atomic E-state index is 0.119. The van der Waals surface area contributed by atoms with Crippen molar-refractivity contribution in [2.75, 3.05) is 7.05 Å². The van der Waals surface area contributed by atoms with E-state index in [4.69, 9.17) is 0 Å². The summed E-state index contributed by atoms with van der Waals surface area (Å²) in [6, 6.07) is 0. The summed E-state index contributed by atoms with van der Waals surface area (Å²) in [6.07, 6.45) is 9.24. The molecule has 1 aliphatic carbocycles. The predicted octanol–water partition coefficient (Wildman–Crippen LogP) is 2.65. The lowest BCUT2D eigenvalue weighted by molar-refractivity contribution is -0.117. The van der Waals surface area contributed by atoms with Crippen LogP contribution in [0.4, 0.5) is 0 Å². The minimum Gasteiger partial charge on any atom is -0.355 e. The van der Waals surface area contributed by atoms with Crippen molar-refractivity contribution in [2.45, 2.75) is 45.4 Å². The van der Waals surface area contributed by atoms with Crippen LogP contribution in [0.5, 0.6) is 0 Å². The van der Waals surface area contributed by atoms with Crippen molar-refractivity contribution in [2.24, 2.45) is 5.92 Å². The first-order valence-electron chi connectivity index (χ1n) is 5.70. The van der Waals surface area contributed by atoms with E-state index >= 15 is 0 Å². The summed E-state index contributed by atoms with van der Waals surface area (Å²) in [5.74, 6) is 0.817. The first-order valence-corrected chi connectivity index (χ1v) is 5.70. The maximum Gasteiger partial charge on any atom is 0.246 e. The van der Waals surface area contributed by atoms with Crippen LogP contribution in [0.2, 0.25) is 0 Å². The van der Waals surface area contributed by atoms with E-state index in [0.717, 1.165) is 18.4 Å². The third-order valence-corrected chi connectivity index (χ3v) is 2.63. The van der Waals surface area contributed by atoms with Crippen LogP contribution >= 0.6 is 0 Å². The Morgan fingerprint density at radius 2 is 2.14 bits per heavy atom. The van der Waals surface area contributed by atoms with Crippen LogP contribution in [0.1, 0.15) is 45.4 Å². The number of hydrogen-bond donors (Lipinski definition) is 1. The number of amides is 1. The third kappa shape index (κ3) is 3.95. The fraction of sp³-hybridized carbons (Fsp3) is 0.750. The van der Waals surface area contributed by atoms with Crippen molar-refractivity contribution in [3.05, 3.63) is 11.6 Å². The van der Waals surface area contributed by atoms with E-state index in [9.17, 15) is 4.79 Å². The summed E-state index contributed by atoms with van der Waals surface area (Å²) in [7, 11) is 1.71. The molecule has 0 unspecified atom stereocenters. The Kier molecular flexibility index (Phi) is 4.71. The van der Waals surface area contributed by atoms with Crippen LogP contribution in [-0.2, 0) is 4.79 Å². The van der Waals surface area contributed by atoms with Gasteiger partial charge in [0.15, 0.2) is 0 Å². The van der Waals surface area contributed by atoms with E-state index in [2.05, 4.69) is 18.3 Å². The Balaban J connectivity index is 2.39. The zero-order valence-corrected chi connectivity index (χ0v) is 9.31. The molecule has 1 amide bonds. The summed E-state index contributed by atoms with van der Waals surface area (Å²) < 4.78 is 0. The number of unbranched alkanes of at least 4 members (excludes halogenated alkanes) is 2. The molecule has 0 spiro atoms. The molecule has 2 nitrogen and oxygen atoms in total. The van der Waals surface area contributed by atoms with Crippen molar-refractivity contribution in [3.63, 3.8) is 0 Å². The molecule has 1 rings (SSSR count). The van der Waals surface area contributed by atoms with Crippen molar-refractivity contribution in [1.82, 2.24) is 5.32 Å². The number of carbonyl (C=O) groups excluding carboxylic acids is 1. The average molecular weight is 195 g/mol. The van der Waals surface area contributed by atoms with Crippen LogP contribution in [0.3, 0.4) is 0 Å². The molecule has 0 atom stereocenters. The Morgan fingerprint density at radius 3 is 2.64 bits per heavy atom. The fourth-order valence-corrected chi connectivity index (χ4v) is 1.55. The van der Waals surface area contributed by atoms with E-state index in [1.54, 1.807) is 7.05 Å². The number of hydrogen-bond acceptors (Lipinski definition) is 1. The first-order chi connectivity index (χ1) is 6.77. The molecule has 2 heteroatoms. The van der Waals surface area contributed by atoms with Gasteiger partial charge < -0.3 is 5.32 Å². The topological polar surface area (TPSA) is 29.1 Å². The van der Waals surface area contributed by atoms with Crippen LogP contribution in [0.25, 0.3) is 0 Å². The largest absolute Gasteiger partial charge is 0.355 e. The molecule has 0 bridgehead atoms. The predicted molar refractivity (Wildman–Crippen MR) is 59.0 cm³/mol. The number of likely N-dealkylation sites (N-methyl/N-ethyl adjacent to an activating group) is 1. The lowest BCUT2D eigenvalue weighted by atomic mass is 10.1. The monoisotopic (exact) mass is 195 g/mol. The van der Waals surface area contributed by atoms with Gasteiger partial charge in [-0.3, -0.25) is 4.79 Å². The number of nitrogens with one attached hydrogen (secondary N) is 1. The smallest absolute Gasteiger partial charge is 0.246 e. The van der Waals surface area contributed by atoms with Crippen LogP contribution < -0.4 is 5.32 Å². The highest BCUT2D eigenvalue weighted by Crippen LogP contribution is 2.32. The van der Waals surface area contributed by atoms with Crippen LogP contribution in [0.15, 0.2) is 11.6 Å². The van der Waals surface area contributed by atoms with Gasteiger partial charge >= 0.3 is 0 Å². The second-order valence-corrected chi connectivity index (χ2v) is 4.07. The molecule has 0 saturated heterocycles. The number of rotatable bonds is 6. The molecule has 0 aromatic heterocycles. The molecule has 1 saturated carbocycles. The van der Waals surface area contributed by atoms with E-state index in [1.165, 1.54) is 25.7 Å². The SMILES string of the molecule is CCCCC/C(=C/C1CC1)C(=O)NC. The van der Waals surface area contributed by atoms with Crippen LogP contribution in [0, 0.1) is 5.92 Å². The summed E-state index contributed by atoms with van der Waals surface area (Å²) in [4.78, 5) is 11.5. The molecule has 0 heterocycles. The molecular formula is C12H21NO. The van der Waals surface area contributed by atoms with Gasteiger partial charge in [0.05, 0.1) is 0 Å². The van der Waals surface area contributed by atoms with Gasteiger partial charge in [0.25, 0.3) is 0 Å². The highest BCUT2D eigenvalue weighted by atomic mass is 16.1. The summed E-state index contributed by atoms with van der Waals surface area (Å²) in [5.41, 5.74) is 1.00. The molecule has 0 aromatic carbocycles. The molecular weight excluding hydrogens is 174 g/mol. The normalized spacial score (nSPS) is 16.9. The fourth-order valence-electron chi connectivity index (χ4n) is 1.55. The zero-order valence-electron chi connectivity index (χ0n) is 9.31. The van der Waals surface area contributed by atoms with Crippen molar-refractivity contribution in [1.29, 1.82) is 0 Å². The van der Waals surface area contributed by atoms with E-state index < -0.39 is 0 Å². The molecule has 0 aromatic rings. The zero-order chi connectivity index (χ0) is 10.4. The summed E-state index contributed by atoms with van der Waals surface area (Å²) in [5, 5.41) is 2.72. The summed E-state index contributed by atoms with van der Waals surface area (Å²) >= 11 is 0. The molecule has 0 radical (unpaired) electrons. The van der Waals surface area contributed by atoms with Gasteiger partial charge in [-0.15, -0.1) is 0 Å². The van der Waals surface area contributed by atoms with E-state index in [-0.39, 0.29) is 5.91 Å². The Hall–Kier alpha value is -0.790. The van der Waals surface area contributed by atoms with Crippen molar-refractivity contribution in [3.8, 4) is 0 Å². The Bertz CT molecular complexity index is 216. The Labute approximate surface area is 86.8 Å². The maximum absolute atomic E-state index is 11.5. The van der Waals surface area contributed by atoms with Gasteiger partial charge in [0.2, 0.25) is 5.91 Å². The maximum atomic E-state index is 11.5.